The first kappa shape index (κ1) is 94.8. The van der Waals surface area contributed by atoms with Crippen molar-refractivity contribution in [2.45, 2.75) is 213 Å². The molecule has 0 aliphatic carbocycles. The van der Waals surface area contributed by atoms with Crippen LogP contribution in [-0.4, -0.2) is 66.2 Å². The molecule has 636 valence electrons. The van der Waals surface area contributed by atoms with Crippen molar-refractivity contribution in [3.8, 4) is 18.1 Å². The summed E-state index contributed by atoms with van der Waals surface area (Å²) in [4.78, 5) is 36.5. The van der Waals surface area contributed by atoms with Crippen LogP contribution >= 0.6 is 11.8 Å². The molecule has 0 saturated carbocycles. The highest BCUT2D eigenvalue weighted by atomic mass is 32.2. The van der Waals surface area contributed by atoms with Crippen LogP contribution in [-0.2, 0) is 10.8 Å². The van der Waals surface area contributed by atoms with Crippen molar-refractivity contribution in [3.63, 3.8) is 0 Å². The van der Waals surface area contributed by atoms with Crippen molar-refractivity contribution in [3.05, 3.63) is 335 Å². The van der Waals surface area contributed by atoms with Crippen molar-refractivity contribution in [2.75, 3.05) is 29.6 Å². The van der Waals surface area contributed by atoms with Crippen molar-refractivity contribution in [2.24, 2.45) is 30.0 Å². The second-order valence-electron chi connectivity index (χ2n) is 35.2. The number of hydrogen-bond donors (Lipinski definition) is 2. The number of rotatable bonds is 18. The van der Waals surface area contributed by atoms with Gasteiger partial charge in [-0.25, -0.2) is 4.98 Å². The highest BCUT2D eigenvalue weighted by Gasteiger charge is 2.25. The summed E-state index contributed by atoms with van der Waals surface area (Å²) in [7, 11) is 0. The van der Waals surface area contributed by atoms with Crippen molar-refractivity contribution in [1.29, 1.82) is 0 Å². The van der Waals surface area contributed by atoms with E-state index in [4.69, 9.17) is 25.8 Å². The number of aryl methyl sites for hydroxylation is 12. The van der Waals surface area contributed by atoms with Crippen molar-refractivity contribution >= 4 is 105 Å². The van der Waals surface area contributed by atoms with Gasteiger partial charge in [-0.05, 0) is 285 Å². The summed E-state index contributed by atoms with van der Waals surface area (Å²) < 4.78 is 5.84. The molecular formula is C111H129N9O2S. The van der Waals surface area contributed by atoms with Gasteiger partial charge in [-0.3, -0.25) is 30.0 Å². The summed E-state index contributed by atoms with van der Waals surface area (Å²) in [5, 5.41) is 15.5. The number of pyridine rings is 1. The van der Waals surface area contributed by atoms with Crippen LogP contribution in [0.2, 0.25) is 0 Å². The van der Waals surface area contributed by atoms with Crippen LogP contribution in [0.4, 0.5) is 45.5 Å². The molecule has 10 aromatic carbocycles. The number of anilines is 2. The number of nitrogens with one attached hydrogen (secondary N) is 1. The second kappa shape index (κ2) is 44.1. The van der Waals surface area contributed by atoms with E-state index in [-0.39, 0.29) is 10.8 Å². The number of para-hydroxylation sites is 5. The van der Waals surface area contributed by atoms with E-state index in [1.165, 1.54) is 114 Å². The molecule has 1 saturated heterocycles. The normalized spacial score (nSPS) is 12.7. The maximum Gasteiger partial charge on any atom is 0.145 e. The zero-order chi connectivity index (χ0) is 89.4. The minimum Gasteiger partial charge on any atom is -0.507 e. The van der Waals surface area contributed by atoms with Crippen molar-refractivity contribution in [1.82, 2.24) is 4.98 Å². The average molecular weight is 1650 g/mol. The Morgan fingerprint density at radius 1 is 0.496 bits per heavy atom. The van der Waals surface area contributed by atoms with Gasteiger partial charge in [0.2, 0.25) is 0 Å². The third kappa shape index (κ3) is 27.5. The zero-order valence-corrected chi connectivity index (χ0v) is 78.4. The van der Waals surface area contributed by atoms with E-state index < -0.39 is 0 Å². The number of nitrogens with zero attached hydrogens (tertiary/aromatic N) is 8. The molecule has 0 spiro atoms. The van der Waals surface area contributed by atoms with Gasteiger partial charge in [0.05, 0.1) is 69.7 Å². The summed E-state index contributed by atoms with van der Waals surface area (Å²) in [6.45, 7) is 53.5. The summed E-state index contributed by atoms with van der Waals surface area (Å²) in [5.74, 6) is 5.28. The number of allylic oxidation sites excluding steroid dienone is 2. The van der Waals surface area contributed by atoms with E-state index in [9.17, 15) is 5.11 Å². The number of phenols is 1. The SMILES string of the molecule is C#Cc1ccc(C=Nc2ccccc2N2CCCCC2)cc1.CC(/C=C(/C)Nc1c(C)cc(C)cc1C)=Nc1c(C)cc(C)cc1C.CC(C)c1cccc(C(C)C)c1N=Cc1ccc2ccccc2n1.CSc1ccccc1N=Cc1cc(C(C)(C)C)cc(C(C)(C)C)c1O.Cc1cc(C)c(N=Cc2ccc(C=Nc3c(C)cc(C)cc3C)o2)c(C)c1. The van der Waals surface area contributed by atoms with Gasteiger partial charge in [0.1, 0.15) is 17.3 Å². The molecule has 2 aromatic heterocycles. The van der Waals surface area contributed by atoms with Crippen molar-refractivity contribution < 1.29 is 9.52 Å². The molecule has 2 N–H and O–H groups in total. The maximum atomic E-state index is 10.8. The molecule has 11 nitrogen and oxygen atoms in total. The molecule has 12 heteroatoms. The lowest BCUT2D eigenvalue weighted by Gasteiger charge is -2.29. The Morgan fingerprint density at radius 2 is 0.984 bits per heavy atom. The number of aromatic nitrogens is 1. The number of furan rings is 1. The van der Waals surface area contributed by atoms with Crippen LogP contribution in [0.1, 0.15) is 237 Å². The van der Waals surface area contributed by atoms with Gasteiger partial charge >= 0.3 is 0 Å². The van der Waals surface area contributed by atoms with Gasteiger partial charge in [-0.2, -0.15) is 0 Å². The molecule has 0 radical (unpaired) electrons. The molecule has 0 bridgehead atoms. The first-order valence-corrected chi connectivity index (χ1v) is 44.2. The van der Waals surface area contributed by atoms with Gasteiger partial charge in [-0.1, -0.05) is 231 Å². The fraction of sp³-hybridized carbons (Fsp3) is 0.306. The quantitative estimate of drug-likeness (QED) is 0.0499. The largest absolute Gasteiger partial charge is 0.507 e. The van der Waals surface area contributed by atoms with Crippen LogP contribution in [0.5, 0.6) is 5.75 Å². The Bertz CT molecular complexity index is 5710. The van der Waals surface area contributed by atoms with E-state index in [0.717, 1.165) is 102 Å². The second-order valence-corrected chi connectivity index (χ2v) is 36.1. The van der Waals surface area contributed by atoms with E-state index in [2.05, 4.69) is 324 Å². The number of hydrogen-bond acceptors (Lipinski definition) is 12. The number of aliphatic imine (C=N–C) groups is 6. The molecule has 0 unspecified atom stereocenters. The lowest BCUT2D eigenvalue weighted by atomic mass is 9.79. The smallest absolute Gasteiger partial charge is 0.145 e. The van der Waals surface area contributed by atoms with Crippen LogP contribution in [0, 0.1) is 95.4 Å². The predicted octanol–water partition coefficient (Wildman–Crippen LogP) is 30.4. The van der Waals surface area contributed by atoms with Crippen LogP contribution in [0.15, 0.2) is 251 Å². The predicted molar refractivity (Wildman–Crippen MR) is 535 cm³/mol. The molecule has 123 heavy (non-hydrogen) atoms. The van der Waals surface area contributed by atoms with E-state index in [1.54, 1.807) is 30.4 Å². The van der Waals surface area contributed by atoms with Gasteiger partial charge in [-0.15, -0.1) is 18.2 Å². The monoisotopic (exact) mass is 1650 g/mol. The first-order chi connectivity index (χ1) is 58.5. The standard InChI is InChI=1S/C24H26N2O.C23H30N2.C22H24N2.C22H29NOS.C20H20N2/c1-15-9-17(3)23(18(4)10-15)25-13-21-7-8-22(27-21)14-26-24-19(5)11-16(2)12-20(24)6;1-14-9-16(3)22(17(4)10-14)24-20(7)13-21(8)25-23-18(5)11-15(2)12-19(23)6;1-15(2)19-9-7-10-20(16(3)4)22(19)23-14-18-13-12-17-8-5-6-11-21(17)24-18;1-21(2,3)16-12-15(20(24)17(13-16)22(4,5)6)14-23-18-10-8-9-11-19(18)25-7;1-2-17-10-12-18(13-11-17)16-21-19-8-4-5-9-20(19)22-14-6-3-7-15-22/h7-14H,1-6H3;9-13,24H,1-8H3;5-16H,1-4H3;8-14,24H,1-7H3;1,4-5,8-13,16H,3,6-7,14-15H2/b;20-13-,25-21?;;;. The van der Waals surface area contributed by atoms with Gasteiger partial charge in [0, 0.05) is 69.6 Å². The third-order valence-corrected chi connectivity index (χ3v) is 22.2. The molecule has 1 aliphatic heterocycles. The number of aromatic hydroxyl groups is 1. The van der Waals surface area contributed by atoms with Gasteiger partial charge in [0.15, 0.2) is 0 Å². The van der Waals surface area contributed by atoms with Gasteiger partial charge in [0.25, 0.3) is 0 Å². The number of phenolic OH excluding ortho intramolecular Hbond substituents is 1. The third-order valence-electron chi connectivity index (χ3n) is 21.4. The number of piperidine rings is 1. The van der Waals surface area contributed by atoms with Crippen LogP contribution < -0.4 is 10.2 Å². The first-order valence-electron chi connectivity index (χ1n) is 43.0. The molecule has 1 aliphatic rings. The minimum atomic E-state index is -0.134. The van der Waals surface area contributed by atoms with Gasteiger partial charge < -0.3 is 19.7 Å². The Kier molecular flexibility index (Phi) is 34.0. The molecule has 12 aromatic rings. The van der Waals surface area contributed by atoms with Crippen LogP contribution in [0.25, 0.3) is 10.9 Å². The molecule has 0 amide bonds. The summed E-state index contributed by atoms with van der Waals surface area (Å²) in [6, 6.07) is 68.5. The number of fused-ring (bicyclic) bond motifs is 1. The number of thioether (sulfide) groups is 1. The van der Waals surface area contributed by atoms with E-state index in [1.807, 2.05) is 104 Å². The molecule has 13 rings (SSSR count). The Labute approximate surface area is 740 Å². The number of terminal acetylenes is 1. The zero-order valence-electron chi connectivity index (χ0n) is 77.6. The summed E-state index contributed by atoms with van der Waals surface area (Å²) in [5.41, 5.74) is 34.6. The molecular weight excluding hydrogens is 1520 g/mol. The summed E-state index contributed by atoms with van der Waals surface area (Å²) in [6.07, 6.45) is 22.5. The molecule has 0 atom stereocenters. The minimum absolute atomic E-state index is 0.00741. The topological polar surface area (TPSA) is 136 Å². The van der Waals surface area contributed by atoms with Crippen LogP contribution in [0.3, 0.4) is 0 Å². The highest BCUT2D eigenvalue weighted by molar-refractivity contribution is 7.98. The Balaban J connectivity index is 0.000000175. The van der Waals surface area contributed by atoms with E-state index in [0.29, 0.717) is 29.1 Å². The molecule has 3 heterocycles. The Morgan fingerprint density at radius 3 is 1.50 bits per heavy atom. The number of benzene rings is 10. The fourth-order valence-electron chi connectivity index (χ4n) is 15.4. The van der Waals surface area contributed by atoms with E-state index >= 15 is 0 Å². The summed E-state index contributed by atoms with van der Waals surface area (Å²) >= 11 is 1.67. The highest BCUT2D eigenvalue weighted by Crippen LogP contribution is 2.40. The average Bonchev–Trinajstić information content (AvgIpc) is 0.866. The lowest BCUT2D eigenvalue weighted by molar-refractivity contribution is 0.444. The maximum absolute atomic E-state index is 10.8. The Hall–Kier alpha value is -12.0. The lowest BCUT2D eigenvalue weighted by Crippen LogP contribution is -2.29. The fourth-order valence-corrected chi connectivity index (χ4v) is 15.9. The molecule has 1 fully saturated rings.